The van der Waals surface area contributed by atoms with E-state index in [1.807, 2.05) is 18.2 Å². The van der Waals surface area contributed by atoms with E-state index in [-0.39, 0.29) is 11.6 Å². The van der Waals surface area contributed by atoms with Crippen molar-refractivity contribution < 1.29 is 14.3 Å². The number of Topliss-reactive ketones (excluding diaryl/α,β-unsaturated/α-hetero) is 1. The summed E-state index contributed by atoms with van der Waals surface area (Å²) >= 11 is 0. The summed E-state index contributed by atoms with van der Waals surface area (Å²) in [7, 11) is 3.39. The zero-order chi connectivity index (χ0) is 22.5. The van der Waals surface area contributed by atoms with Gasteiger partial charge in [-0.05, 0) is 55.4 Å². The summed E-state index contributed by atoms with van der Waals surface area (Å²) in [5.41, 5.74) is 2.38. The number of pyridine rings is 2. The number of fused-ring (bicyclic) bond motifs is 1. The highest BCUT2D eigenvalue weighted by Crippen LogP contribution is 2.31. The van der Waals surface area contributed by atoms with Gasteiger partial charge in [-0.15, -0.1) is 0 Å². The molecule has 3 aromatic rings. The molecule has 0 N–H and O–H groups in total. The summed E-state index contributed by atoms with van der Waals surface area (Å²) in [5, 5.41) is 0. The third-order valence-corrected chi connectivity index (χ3v) is 6.37. The summed E-state index contributed by atoms with van der Waals surface area (Å²) in [6, 6.07) is 7.45. The Labute approximate surface area is 187 Å². The number of hydrogen-bond acceptors (Lipinski definition) is 6. The zero-order valence-corrected chi connectivity index (χ0v) is 18.7. The molecule has 3 heterocycles. The first-order chi connectivity index (χ1) is 15.6. The van der Waals surface area contributed by atoms with Gasteiger partial charge in [0.05, 0.1) is 12.1 Å². The fraction of sp³-hybridized carbons (Fsp3) is 0.500. The van der Waals surface area contributed by atoms with Gasteiger partial charge in [-0.1, -0.05) is 0 Å². The SMILES string of the molecule is COCCOc1ccc2c(n1)n(CC1CCC(C(=O)Cc3ccncc3)CC1)c(=O)n2C. The van der Waals surface area contributed by atoms with Crippen LogP contribution in [0.3, 0.4) is 0 Å². The summed E-state index contributed by atoms with van der Waals surface area (Å²) in [4.78, 5) is 34.2. The quantitative estimate of drug-likeness (QED) is 0.478. The van der Waals surface area contributed by atoms with Crippen molar-refractivity contribution in [1.82, 2.24) is 19.1 Å². The van der Waals surface area contributed by atoms with Gasteiger partial charge >= 0.3 is 5.69 Å². The Morgan fingerprint density at radius 3 is 2.56 bits per heavy atom. The number of hydrogen-bond donors (Lipinski definition) is 0. The molecule has 1 aliphatic rings. The van der Waals surface area contributed by atoms with Crippen LogP contribution in [0, 0.1) is 11.8 Å². The summed E-state index contributed by atoms with van der Waals surface area (Å²) in [6.45, 7) is 1.49. The molecule has 8 nitrogen and oxygen atoms in total. The Morgan fingerprint density at radius 1 is 1.09 bits per heavy atom. The van der Waals surface area contributed by atoms with Crippen molar-refractivity contribution in [1.29, 1.82) is 0 Å². The predicted molar refractivity (Wildman–Crippen MR) is 121 cm³/mol. The van der Waals surface area contributed by atoms with Crippen LogP contribution in [0.4, 0.5) is 0 Å². The lowest BCUT2D eigenvalue weighted by Gasteiger charge is -2.27. The Balaban J connectivity index is 1.41. The van der Waals surface area contributed by atoms with Crippen LogP contribution in [0.5, 0.6) is 5.88 Å². The van der Waals surface area contributed by atoms with Crippen molar-refractivity contribution in [3.63, 3.8) is 0 Å². The molecule has 0 atom stereocenters. The molecule has 0 amide bonds. The number of imidazole rings is 1. The number of nitrogens with zero attached hydrogens (tertiary/aromatic N) is 4. The van der Waals surface area contributed by atoms with E-state index in [4.69, 9.17) is 9.47 Å². The molecular weight excluding hydrogens is 408 g/mol. The second-order valence-electron chi connectivity index (χ2n) is 8.50. The highest BCUT2D eigenvalue weighted by molar-refractivity contribution is 5.83. The molecule has 0 aromatic carbocycles. The van der Waals surface area contributed by atoms with Crippen molar-refractivity contribution >= 4 is 16.9 Å². The molecule has 1 saturated carbocycles. The Bertz CT molecular complexity index is 1110. The first-order valence-corrected chi connectivity index (χ1v) is 11.2. The average Bonchev–Trinajstić information content (AvgIpc) is 3.05. The lowest BCUT2D eigenvalue weighted by Crippen LogP contribution is -2.29. The highest BCUT2D eigenvalue weighted by atomic mass is 16.5. The maximum Gasteiger partial charge on any atom is 0.330 e. The maximum atomic E-state index is 12.9. The lowest BCUT2D eigenvalue weighted by atomic mass is 9.79. The molecule has 0 saturated heterocycles. The van der Waals surface area contributed by atoms with Gasteiger partial charge in [0.1, 0.15) is 12.4 Å². The van der Waals surface area contributed by atoms with Crippen LogP contribution in [0.25, 0.3) is 11.2 Å². The van der Waals surface area contributed by atoms with Gasteiger partial charge in [0.15, 0.2) is 5.65 Å². The highest BCUT2D eigenvalue weighted by Gasteiger charge is 2.27. The van der Waals surface area contributed by atoms with Gasteiger partial charge in [0, 0.05) is 51.5 Å². The maximum absolute atomic E-state index is 12.9. The summed E-state index contributed by atoms with van der Waals surface area (Å²) < 4.78 is 14.0. The second kappa shape index (κ2) is 10.1. The van der Waals surface area contributed by atoms with Crippen LogP contribution < -0.4 is 10.4 Å². The molecule has 1 fully saturated rings. The van der Waals surface area contributed by atoms with E-state index in [9.17, 15) is 9.59 Å². The van der Waals surface area contributed by atoms with Gasteiger partial charge in [-0.25, -0.2) is 4.79 Å². The zero-order valence-electron chi connectivity index (χ0n) is 18.7. The van der Waals surface area contributed by atoms with Gasteiger partial charge < -0.3 is 9.47 Å². The minimum Gasteiger partial charge on any atom is -0.475 e. The Hall–Kier alpha value is -3.00. The fourth-order valence-corrected chi connectivity index (χ4v) is 4.50. The molecule has 8 heteroatoms. The van der Waals surface area contributed by atoms with Crippen LogP contribution in [0.2, 0.25) is 0 Å². The predicted octanol–water partition coefficient (Wildman–Crippen LogP) is 2.77. The average molecular weight is 439 g/mol. The molecule has 0 bridgehead atoms. The first-order valence-electron chi connectivity index (χ1n) is 11.2. The molecule has 0 radical (unpaired) electrons. The van der Waals surface area contributed by atoms with Crippen molar-refractivity contribution in [2.24, 2.45) is 18.9 Å². The standard InChI is InChI=1S/C24H30N4O4/c1-27-20-7-8-22(32-14-13-31-2)26-23(20)28(24(27)30)16-18-3-5-19(6-4-18)21(29)15-17-9-11-25-12-10-17/h7-12,18-19H,3-6,13-16H2,1-2H3. The van der Waals surface area contributed by atoms with E-state index in [1.54, 1.807) is 41.8 Å². The lowest BCUT2D eigenvalue weighted by molar-refractivity contribution is -0.123. The van der Waals surface area contributed by atoms with Gasteiger partial charge in [0.2, 0.25) is 5.88 Å². The Kier molecular flexibility index (Phi) is 6.99. The van der Waals surface area contributed by atoms with Gasteiger partial charge in [0.25, 0.3) is 0 Å². The number of carbonyl (C=O) groups is 1. The fourth-order valence-electron chi connectivity index (χ4n) is 4.50. The number of methoxy groups -OCH3 is 1. The molecule has 32 heavy (non-hydrogen) atoms. The van der Waals surface area contributed by atoms with Gasteiger partial charge in [-0.3, -0.25) is 18.9 Å². The van der Waals surface area contributed by atoms with E-state index >= 15 is 0 Å². The monoisotopic (exact) mass is 438 g/mol. The number of aryl methyl sites for hydroxylation is 1. The molecule has 0 unspecified atom stereocenters. The third-order valence-electron chi connectivity index (χ3n) is 6.37. The number of rotatable bonds is 9. The first kappa shape index (κ1) is 22.2. The third kappa shape index (κ3) is 4.91. The van der Waals surface area contributed by atoms with E-state index in [2.05, 4.69) is 9.97 Å². The summed E-state index contributed by atoms with van der Waals surface area (Å²) in [5.74, 6) is 1.24. The van der Waals surface area contributed by atoms with Crippen molar-refractivity contribution in [2.75, 3.05) is 20.3 Å². The molecule has 0 spiro atoms. The van der Waals surface area contributed by atoms with Crippen molar-refractivity contribution in [2.45, 2.75) is 38.6 Å². The minimum atomic E-state index is -0.0718. The van der Waals surface area contributed by atoms with Crippen LogP contribution in [0.15, 0.2) is 41.5 Å². The number of ether oxygens (including phenoxy) is 2. The van der Waals surface area contributed by atoms with E-state index < -0.39 is 0 Å². The van der Waals surface area contributed by atoms with Crippen LogP contribution in [-0.2, 0) is 29.5 Å². The van der Waals surface area contributed by atoms with E-state index in [1.165, 1.54) is 0 Å². The Morgan fingerprint density at radius 2 is 1.84 bits per heavy atom. The molecule has 1 aliphatic carbocycles. The van der Waals surface area contributed by atoms with Crippen LogP contribution in [-0.4, -0.2) is 45.2 Å². The molecule has 170 valence electrons. The molecule has 3 aromatic heterocycles. The minimum absolute atomic E-state index is 0.0718. The number of aromatic nitrogens is 4. The summed E-state index contributed by atoms with van der Waals surface area (Å²) in [6.07, 6.45) is 7.52. The largest absolute Gasteiger partial charge is 0.475 e. The van der Waals surface area contributed by atoms with E-state index in [0.717, 1.165) is 36.8 Å². The van der Waals surface area contributed by atoms with Crippen LogP contribution >= 0.6 is 0 Å². The molecule has 0 aliphatic heterocycles. The second-order valence-corrected chi connectivity index (χ2v) is 8.50. The normalized spacial score (nSPS) is 18.7. The number of carbonyl (C=O) groups excluding carboxylic acids is 1. The molecule has 4 rings (SSSR count). The smallest absolute Gasteiger partial charge is 0.330 e. The van der Waals surface area contributed by atoms with E-state index in [0.29, 0.717) is 49.4 Å². The topological polar surface area (TPSA) is 88.2 Å². The van der Waals surface area contributed by atoms with Crippen LogP contribution in [0.1, 0.15) is 31.2 Å². The van der Waals surface area contributed by atoms with Crippen molar-refractivity contribution in [3.8, 4) is 5.88 Å². The molecular formula is C24H30N4O4. The number of ketones is 1. The van der Waals surface area contributed by atoms with Gasteiger partial charge in [-0.2, -0.15) is 4.98 Å². The van der Waals surface area contributed by atoms with Crippen molar-refractivity contribution in [3.05, 3.63) is 52.7 Å².